The van der Waals surface area contributed by atoms with Gasteiger partial charge in [0.25, 0.3) is 0 Å². The van der Waals surface area contributed by atoms with Gasteiger partial charge in [-0.2, -0.15) is 4.98 Å². The quantitative estimate of drug-likeness (QED) is 0.555. The molecule has 10 heteroatoms. The van der Waals surface area contributed by atoms with Crippen LogP contribution in [0.4, 0.5) is 25.5 Å². The van der Waals surface area contributed by atoms with Gasteiger partial charge in [-0.1, -0.05) is 12.1 Å². The number of aromatic nitrogens is 2. The zero-order chi connectivity index (χ0) is 24.6. The van der Waals surface area contributed by atoms with Gasteiger partial charge < -0.3 is 9.64 Å². The van der Waals surface area contributed by atoms with E-state index >= 15 is 0 Å². The molecule has 0 spiro atoms. The van der Waals surface area contributed by atoms with Crippen LogP contribution in [0, 0.1) is 18.7 Å². The van der Waals surface area contributed by atoms with Crippen molar-refractivity contribution in [1.29, 1.82) is 0 Å². The molecule has 0 bridgehead atoms. The van der Waals surface area contributed by atoms with Gasteiger partial charge in [-0.3, -0.25) is 9.80 Å². The number of piperidine rings is 1. The maximum atomic E-state index is 14.8. The molecule has 3 heterocycles. The maximum absolute atomic E-state index is 14.8. The first-order valence-electron chi connectivity index (χ1n) is 11.4. The highest BCUT2D eigenvalue weighted by atomic mass is 35.5. The predicted octanol–water partition coefficient (Wildman–Crippen LogP) is 5.17. The number of benzene rings is 1. The van der Waals surface area contributed by atoms with Crippen LogP contribution in [0.3, 0.4) is 0 Å². The van der Waals surface area contributed by atoms with E-state index in [1.165, 1.54) is 11.0 Å². The van der Waals surface area contributed by atoms with Gasteiger partial charge in [-0.15, -0.1) is 0 Å². The highest BCUT2D eigenvalue weighted by Gasteiger charge is 2.37. The minimum Gasteiger partial charge on any atom is -0.444 e. The molecule has 2 aliphatic rings. The molecule has 182 valence electrons. The minimum absolute atomic E-state index is 0.0480. The normalized spacial score (nSPS) is 17.1. The average molecular weight is 490 g/mol. The van der Waals surface area contributed by atoms with Crippen molar-refractivity contribution in [3.63, 3.8) is 0 Å². The van der Waals surface area contributed by atoms with Crippen LogP contribution in [-0.4, -0.2) is 52.2 Å². The summed E-state index contributed by atoms with van der Waals surface area (Å²) < 4.78 is 20.2. The van der Waals surface area contributed by atoms with E-state index in [9.17, 15) is 14.0 Å². The molecule has 8 nitrogen and oxygen atoms in total. The molecule has 0 atom stereocenters. The number of likely N-dealkylation sites (tertiary alicyclic amines) is 1. The van der Waals surface area contributed by atoms with E-state index in [-0.39, 0.29) is 35.6 Å². The van der Waals surface area contributed by atoms with Crippen LogP contribution < -0.4 is 9.80 Å². The summed E-state index contributed by atoms with van der Waals surface area (Å²) in [4.78, 5) is 39.1. The molecule has 0 radical (unpaired) electrons. The van der Waals surface area contributed by atoms with Gasteiger partial charge in [-0.05, 0) is 69.7 Å². The van der Waals surface area contributed by atoms with Crippen LogP contribution in [0.1, 0.15) is 44.7 Å². The highest BCUT2D eigenvalue weighted by molar-refractivity contribution is 6.28. The summed E-state index contributed by atoms with van der Waals surface area (Å²) in [5.41, 5.74) is 1.05. The van der Waals surface area contributed by atoms with E-state index < -0.39 is 11.4 Å². The van der Waals surface area contributed by atoms with E-state index in [0.717, 1.165) is 0 Å². The Hall–Kier alpha value is -2.94. The number of fused-ring (bicyclic) bond motifs is 1. The molecule has 3 amide bonds. The molecule has 0 aliphatic carbocycles. The smallest absolute Gasteiger partial charge is 0.410 e. The summed E-state index contributed by atoms with van der Waals surface area (Å²) in [6, 6.07) is 4.39. The summed E-state index contributed by atoms with van der Waals surface area (Å²) in [5, 5.41) is 0.0480. The number of carbonyl (C=O) groups excluding carboxylic acids is 2. The van der Waals surface area contributed by atoms with Gasteiger partial charge in [0, 0.05) is 31.4 Å². The third-order valence-corrected chi connectivity index (χ3v) is 6.21. The lowest BCUT2D eigenvalue weighted by molar-refractivity contribution is 0.0186. The maximum Gasteiger partial charge on any atom is 0.410 e. The Balaban J connectivity index is 1.54. The predicted molar refractivity (Wildman–Crippen MR) is 128 cm³/mol. The third kappa shape index (κ3) is 5.09. The number of anilines is 2. The summed E-state index contributed by atoms with van der Waals surface area (Å²) in [6.45, 7) is 8.90. The van der Waals surface area contributed by atoms with Crippen molar-refractivity contribution in [2.45, 2.75) is 52.7 Å². The molecule has 1 aromatic carbocycles. The summed E-state index contributed by atoms with van der Waals surface area (Å²) in [7, 11) is 0. The Kier molecular flexibility index (Phi) is 6.66. The van der Waals surface area contributed by atoms with Crippen molar-refractivity contribution in [3.8, 4) is 0 Å². The fourth-order valence-electron chi connectivity index (χ4n) is 4.38. The average Bonchev–Trinajstić information content (AvgIpc) is 2.76. The first kappa shape index (κ1) is 24.2. The van der Waals surface area contributed by atoms with Crippen LogP contribution in [-0.2, 0) is 11.3 Å². The molecule has 1 fully saturated rings. The van der Waals surface area contributed by atoms with Crippen LogP contribution in [0.2, 0.25) is 5.28 Å². The summed E-state index contributed by atoms with van der Waals surface area (Å²) in [5.74, 6) is 0.119. The Morgan fingerprint density at radius 2 is 1.97 bits per heavy atom. The number of aryl methyl sites for hydroxylation is 1. The molecule has 1 saturated heterocycles. The van der Waals surface area contributed by atoms with Crippen LogP contribution in [0.15, 0.2) is 24.4 Å². The lowest BCUT2D eigenvalue weighted by Crippen LogP contribution is -2.51. The van der Waals surface area contributed by atoms with Gasteiger partial charge in [0.2, 0.25) is 5.28 Å². The van der Waals surface area contributed by atoms with Gasteiger partial charge in [0.1, 0.15) is 17.2 Å². The van der Waals surface area contributed by atoms with Crippen LogP contribution in [0.5, 0.6) is 0 Å². The zero-order valence-corrected chi connectivity index (χ0v) is 20.6. The SMILES string of the molecule is Cc1cccc(F)c1N1Cc2cnc(Cl)nc2N(CC2CCN(C(=O)OC(C)(C)C)CC2)C1=O. The Bertz CT molecular complexity index is 1080. The monoisotopic (exact) mass is 489 g/mol. The zero-order valence-electron chi connectivity index (χ0n) is 19.8. The first-order chi connectivity index (χ1) is 16.0. The van der Waals surface area contributed by atoms with Crippen molar-refractivity contribution in [2.24, 2.45) is 5.92 Å². The number of para-hydroxylation sites is 1. The van der Waals surface area contributed by atoms with Crippen LogP contribution >= 0.6 is 11.6 Å². The first-order valence-corrected chi connectivity index (χ1v) is 11.7. The van der Waals surface area contributed by atoms with Crippen molar-refractivity contribution in [3.05, 3.63) is 46.6 Å². The standard InChI is InChI=1S/C24H29ClFN5O3/c1-15-6-5-7-18(26)19(15)30-14-17-12-27-21(25)28-20(17)31(22(30)32)13-16-8-10-29(11-9-16)23(33)34-24(2,3)4/h5-7,12,16H,8-11,13-14H2,1-4H3. The number of nitrogens with zero attached hydrogens (tertiary/aromatic N) is 5. The van der Waals surface area contributed by atoms with Crippen LogP contribution in [0.25, 0.3) is 0 Å². The van der Waals surface area contributed by atoms with E-state index in [0.29, 0.717) is 49.4 Å². The second-order valence-electron chi connectivity index (χ2n) is 9.78. The molecule has 0 N–H and O–H groups in total. The molecule has 0 unspecified atom stereocenters. The number of carbonyl (C=O) groups is 2. The second kappa shape index (κ2) is 9.37. The molecule has 2 aromatic rings. The number of hydrogen-bond acceptors (Lipinski definition) is 5. The Labute approximate surface area is 203 Å². The molecule has 34 heavy (non-hydrogen) atoms. The highest BCUT2D eigenvalue weighted by Crippen LogP contribution is 2.35. The van der Waals surface area contributed by atoms with Gasteiger partial charge in [-0.25, -0.2) is 19.0 Å². The lowest BCUT2D eigenvalue weighted by Gasteiger charge is -2.40. The third-order valence-electron chi connectivity index (χ3n) is 6.02. The van der Waals surface area contributed by atoms with E-state index in [1.54, 1.807) is 35.1 Å². The molecular weight excluding hydrogens is 461 g/mol. The number of halogens is 2. The summed E-state index contributed by atoms with van der Waals surface area (Å²) >= 11 is 6.05. The molecule has 2 aliphatic heterocycles. The van der Waals surface area contributed by atoms with Gasteiger partial charge >= 0.3 is 12.1 Å². The minimum atomic E-state index is -0.550. The molecule has 0 saturated carbocycles. The van der Waals surface area contributed by atoms with E-state index in [2.05, 4.69) is 9.97 Å². The van der Waals surface area contributed by atoms with E-state index in [1.807, 2.05) is 20.8 Å². The van der Waals surface area contributed by atoms with Crippen molar-refractivity contribution < 1.29 is 18.7 Å². The largest absolute Gasteiger partial charge is 0.444 e. The molecular formula is C24H29ClFN5O3. The number of amides is 3. The topological polar surface area (TPSA) is 78.9 Å². The van der Waals surface area contributed by atoms with E-state index in [4.69, 9.17) is 16.3 Å². The number of rotatable bonds is 3. The summed E-state index contributed by atoms with van der Waals surface area (Å²) in [6.07, 6.45) is 2.66. The van der Waals surface area contributed by atoms with Gasteiger partial charge in [0.05, 0.1) is 12.2 Å². The Morgan fingerprint density at radius 3 is 2.62 bits per heavy atom. The number of ether oxygens (including phenoxy) is 1. The Morgan fingerprint density at radius 1 is 1.26 bits per heavy atom. The molecule has 4 rings (SSSR count). The fraction of sp³-hybridized carbons (Fsp3) is 0.500. The fourth-order valence-corrected chi connectivity index (χ4v) is 4.51. The molecule has 1 aromatic heterocycles. The van der Waals surface area contributed by atoms with Crippen molar-refractivity contribution >= 4 is 35.2 Å². The number of hydrogen-bond donors (Lipinski definition) is 0. The lowest BCUT2D eigenvalue weighted by atomic mass is 9.96. The van der Waals surface area contributed by atoms with Crippen molar-refractivity contribution in [2.75, 3.05) is 29.4 Å². The van der Waals surface area contributed by atoms with Gasteiger partial charge in [0.15, 0.2) is 0 Å². The van der Waals surface area contributed by atoms with Crippen molar-refractivity contribution in [1.82, 2.24) is 14.9 Å². The second-order valence-corrected chi connectivity index (χ2v) is 10.1. The number of urea groups is 1.